The number of aliphatic hydroxyl groups excluding tert-OH is 1. The van der Waals surface area contributed by atoms with Gasteiger partial charge in [-0.3, -0.25) is 0 Å². The molecule has 17 heavy (non-hydrogen) atoms. The predicted octanol–water partition coefficient (Wildman–Crippen LogP) is 2.19. The number of hydrogen-bond acceptors (Lipinski definition) is 3. The summed E-state index contributed by atoms with van der Waals surface area (Å²) in [5, 5.41) is 13.0. The van der Waals surface area contributed by atoms with Gasteiger partial charge in [0.25, 0.3) is 0 Å². The third-order valence-corrected chi connectivity index (χ3v) is 4.02. The summed E-state index contributed by atoms with van der Waals surface area (Å²) in [5.41, 5.74) is 0. The zero-order chi connectivity index (χ0) is 12.7. The Morgan fingerprint density at radius 1 is 1.29 bits per heavy atom. The molecular formula is C14H29NO2. The van der Waals surface area contributed by atoms with Gasteiger partial charge in [0, 0.05) is 25.8 Å². The van der Waals surface area contributed by atoms with Crippen molar-refractivity contribution in [3.63, 3.8) is 0 Å². The summed E-state index contributed by atoms with van der Waals surface area (Å²) in [6.07, 6.45) is 6.17. The minimum absolute atomic E-state index is 0.194. The molecule has 3 unspecified atom stereocenters. The Balaban J connectivity index is 2.44. The van der Waals surface area contributed by atoms with Crippen molar-refractivity contribution in [1.82, 2.24) is 5.32 Å². The van der Waals surface area contributed by atoms with Crippen LogP contribution in [0.1, 0.15) is 46.0 Å². The molecule has 1 rings (SSSR count). The molecule has 0 bridgehead atoms. The van der Waals surface area contributed by atoms with Gasteiger partial charge in [0.2, 0.25) is 0 Å². The maximum absolute atomic E-state index is 9.39. The molecule has 0 aromatic rings. The van der Waals surface area contributed by atoms with E-state index in [0.717, 1.165) is 24.9 Å². The van der Waals surface area contributed by atoms with Gasteiger partial charge in [-0.15, -0.1) is 0 Å². The van der Waals surface area contributed by atoms with Crippen LogP contribution in [0.2, 0.25) is 0 Å². The predicted molar refractivity (Wildman–Crippen MR) is 71.1 cm³/mol. The smallest absolute Gasteiger partial charge is 0.0585 e. The molecule has 0 aromatic carbocycles. The lowest BCUT2D eigenvalue weighted by Gasteiger charge is -2.37. The van der Waals surface area contributed by atoms with Crippen LogP contribution >= 0.6 is 0 Å². The van der Waals surface area contributed by atoms with Gasteiger partial charge in [-0.2, -0.15) is 0 Å². The van der Waals surface area contributed by atoms with Crippen molar-refractivity contribution in [2.75, 3.05) is 20.3 Å². The van der Waals surface area contributed by atoms with Crippen molar-refractivity contribution < 1.29 is 9.84 Å². The number of rotatable bonds is 7. The van der Waals surface area contributed by atoms with Crippen molar-refractivity contribution >= 4 is 0 Å². The second-order valence-electron chi connectivity index (χ2n) is 5.63. The monoisotopic (exact) mass is 243 g/mol. The topological polar surface area (TPSA) is 41.5 Å². The third kappa shape index (κ3) is 4.94. The third-order valence-electron chi connectivity index (χ3n) is 4.02. The highest BCUT2D eigenvalue weighted by atomic mass is 16.5. The standard InChI is InChI=1S/C14H29NO2/c1-11(2)13-6-4-5-7-14(13)15-12(10-16)8-9-17-3/h11-16H,4-10H2,1-3H3. The van der Waals surface area contributed by atoms with Crippen LogP contribution in [0.4, 0.5) is 0 Å². The van der Waals surface area contributed by atoms with Gasteiger partial charge in [-0.05, 0) is 31.1 Å². The van der Waals surface area contributed by atoms with E-state index < -0.39 is 0 Å². The molecule has 0 aliphatic heterocycles. The average Bonchev–Trinajstić information content (AvgIpc) is 2.34. The molecule has 1 aliphatic carbocycles. The largest absolute Gasteiger partial charge is 0.395 e. The molecular weight excluding hydrogens is 214 g/mol. The van der Waals surface area contributed by atoms with Gasteiger partial charge in [0.1, 0.15) is 0 Å². The number of methoxy groups -OCH3 is 1. The van der Waals surface area contributed by atoms with Gasteiger partial charge in [-0.1, -0.05) is 26.7 Å². The maximum Gasteiger partial charge on any atom is 0.0585 e. The lowest BCUT2D eigenvalue weighted by atomic mass is 9.77. The summed E-state index contributed by atoms with van der Waals surface area (Å²) < 4.78 is 5.09. The molecule has 0 aromatic heterocycles. The van der Waals surface area contributed by atoms with Crippen molar-refractivity contribution in [2.45, 2.75) is 58.0 Å². The van der Waals surface area contributed by atoms with Crippen LogP contribution < -0.4 is 5.32 Å². The van der Waals surface area contributed by atoms with Gasteiger partial charge in [0.05, 0.1) is 6.61 Å². The molecule has 3 heteroatoms. The fourth-order valence-electron chi connectivity index (χ4n) is 2.95. The first-order chi connectivity index (χ1) is 8.19. The molecule has 0 saturated heterocycles. The SMILES string of the molecule is COCCC(CO)NC1CCCCC1C(C)C. The highest BCUT2D eigenvalue weighted by Gasteiger charge is 2.28. The van der Waals surface area contributed by atoms with E-state index in [1.54, 1.807) is 7.11 Å². The molecule has 3 nitrogen and oxygen atoms in total. The number of hydrogen-bond donors (Lipinski definition) is 2. The van der Waals surface area contributed by atoms with E-state index in [0.29, 0.717) is 6.04 Å². The highest BCUT2D eigenvalue weighted by Crippen LogP contribution is 2.30. The van der Waals surface area contributed by atoms with E-state index in [-0.39, 0.29) is 12.6 Å². The molecule has 0 heterocycles. The van der Waals surface area contributed by atoms with E-state index in [9.17, 15) is 5.11 Å². The van der Waals surface area contributed by atoms with Gasteiger partial charge < -0.3 is 15.2 Å². The van der Waals surface area contributed by atoms with Crippen molar-refractivity contribution in [1.29, 1.82) is 0 Å². The van der Waals surface area contributed by atoms with Crippen LogP contribution in [0.25, 0.3) is 0 Å². The Morgan fingerprint density at radius 2 is 2.00 bits per heavy atom. The second-order valence-corrected chi connectivity index (χ2v) is 5.63. The summed E-state index contributed by atoms with van der Waals surface area (Å²) in [6, 6.07) is 0.775. The first-order valence-corrected chi connectivity index (χ1v) is 7.04. The summed E-state index contributed by atoms with van der Waals surface area (Å²) in [5.74, 6) is 1.50. The zero-order valence-electron chi connectivity index (χ0n) is 11.6. The van der Waals surface area contributed by atoms with Crippen LogP contribution in [0.5, 0.6) is 0 Å². The molecule has 102 valence electrons. The second kappa shape index (κ2) is 8.06. The normalized spacial score (nSPS) is 27.4. The van der Waals surface area contributed by atoms with E-state index in [1.807, 2.05) is 0 Å². The molecule has 0 amide bonds. The van der Waals surface area contributed by atoms with E-state index >= 15 is 0 Å². The Hall–Kier alpha value is -0.120. The summed E-state index contributed by atoms with van der Waals surface area (Å²) >= 11 is 0. The van der Waals surface area contributed by atoms with Gasteiger partial charge in [0.15, 0.2) is 0 Å². The minimum Gasteiger partial charge on any atom is -0.395 e. The van der Waals surface area contributed by atoms with E-state index in [2.05, 4.69) is 19.2 Å². The molecule has 1 fully saturated rings. The van der Waals surface area contributed by atoms with Crippen LogP contribution in [-0.2, 0) is 4.74 Å². The van der Waals surface area contributed by atoms with Crippen LogP contribution in [0, 0.1) is 11.8 Å². The van der Waals surface area contributed by atoms with Gasteiger partial charge in [-0.25, -0.2) is 0 Å². The number of aliphatic hydroxyl groups is 1. The fraction of sp³-hybridized carbons (Fsp3) is 1.00. The van der Waals surface area contributed by atoms with Crippen LogP contribution in [0.3, 0.4) is 0 Å². The Labute approximate surface area is 106 Å². The zero-order valence-corrected chi connectivity index (χ0v) is 11.6. The lowest BCUT2D eigenvalue weighted by molar-refractivity contribution is 0.130. The molecule has 1 aliphatic rings. The quantitative estimate of drug-likeness (QED) is 0.720. The van der Waals surface area contributed by atoms with Crippen LogP contribution in [-0.4, -0.2) is 37.5 Å². The number of nitrogens with one attached hydrogen (secondary N) is 1. The van der Waals surface area contributed by atoms with Gasteiger partial charge >= 0.3 is 0 Å². The highest BCUT2D eigenvalue weighted by molar-refractivity contribution is 4.85. The minimum atomic E-state index is 0.194. The lowest BCUT2D eigenvalue weighted by Crippen LogP contribution is -2.47. The first-order valence-electron chi connectivity index (χ1n) is 7.04. The van der Waals surface area contributed by atoms with E-state index in [4.69, 9.17) is 4.74 Å². The molecule has 3 atom stereocenters. The molecule has 0 radical (unpaired) electrons. The Morgan fingerprint density at radius 3 is 2.59 bits per heavy atom. The van der Waals surface area contributed by atoms with Crippen molar-refractivity contribution in [3.05, 3.63) is 0 Å². The summed E-state index contributed by atoms with van der Waals surface area (Å²) in [4.78, 5) is 0. The van der Waals surface area contributed by atoms with Crippen LogP contribution in [0.15, 0.2) is 0 Å². The molecule has 1 saturated carbocycles. The maximum atomic E-state index is 9.39. The summed E-state index contributed by atoms with van der Waals surface area (Å²) in [7, 11) is 1.71. The Kier molecular flexibility index (Phi) is 7.09. The Bertz CT molecular complexity index is 197. The fourth-order valence-corrected chi connectivity index (χ4v) is 2.95. The first kappa shape index (κ1) is 14.9. The van der Waals surface area contributed by atoms with E-state index in [1.165, 1.54) is 25.7 Å². The molecule has 2 N–H and O–H groups in total. The van der Waals surface area contributed by atoms with Crippen molar-refractivity contribution in [3.8, 4) is 0 Å². The average molecular weight is 243 g/mol. The molecule has 0 spiro atoms. The number of ether oxygens (including phenoxy) is 1. The van der Waals surface area contributed by atoms with Crippen molar-refractivity contribution in [2.24, 2.45) is 11.8 Å². The summed E-state index contributed by atoms with van der Waals surface area (Å²) in [6.45, 7) is 5.56.